The number of nitrogens with one attached hydrogen (secondary N) is 1. The molecule has 3 aromatic rings. The number of sulfonamides is 1. The van der Waals surface area contributed by atoms with Gasteiger partial charge in [-0.3, -0.25) is 10.1 Å². The molecule has 170 valence electrons. The summed E-state index contributed by atoms with van der Waals surface area (Å²) in [5.41, 5.74) is -0.117. The standard InChI is InChI=1S/C20H20F2N4O4S2/c1-11-5-12(2)9-26(8-11)32(28,29)14-7-17(31-10-14)18(27)23-20-25-24-19(30-20)15-4-3-13(21)6-16(15)22/h3-4,6-7,10-12H,5,8-9H2,1-2H3,(H,23,25,27)/t11-,12+. The molecule has 0 spiro atoms. The number of halogens is 2. The highest BCUT2D eigenvalue weighted by atomic mass is 32.2. The van der Waals surface area contributed by atoms with Crippen molar-refractivity contribution in [2.75, 3.05) is 18.4 Å². The highest BCUT2D eigenvalue weighted by molar-refractivity contribution is 7.89. The van der Waals surface area contributed by atoms with Gasteiger partial charge in [0, 0.05) is 24.5 Å². The third-order valence-electron chi connectivity index (χ3n) is 5.08. The molecule has 1 amide bonds. The number of carbonyl (C=O) groups is 1. The molecule has 1 fully saturated rings. The van der Waals surface area contributed by atoms with Crippen molar-refractivity contribution in [3.05, 3.63) is 46.2 Å². The van der Waals surface area contributed by atoms with Crippen LogP contribution in [0, 0.1) is 23.5 Å². The van der Waals surface area contributed by atoms with Crippen molar-refractivity contribution >= 4 is 33.3 Å². The minimum absolute atomic E-state index is 0.0496. The molecule has 3 heterocycles. The van der Waals surface area contributed by atoms with Crippen molar-refractivity contribution in [2.45, 2.75) is 25.2 Å². The molecule has 0 bridgehead atoms. The van der Waals surface area contributed by atoms with Crippen molar-refractivity contribution < 1.29 is 26.4 Å². The summed E-state index contributed by atoms with van der Waals surface area (Å²) in [5.74, 6) is -2.01. The molecule has 4 rings (SSSR count). The molecule has 2 aromatic heterocycles. The van der Waals surface area contributed by atoms with Crippen molar-refractivity contribution in [1.82, 2.24) is 14.5 Å². The van der Waals surface area contributed by atoms with Crippen molar-refractivity contribution in [2.24, 2.45) is 11.8 Å². The van der Waals surface area contributed by atoms with Gasteiger partial charge in [0.25, 0.3) is 11.8 Å². The summed E-state index contributed by atoms with van der Waals surface area (Å²) in [7, 11) is -3.71. The van der Waals surface area contributed by atoms with Crippen LogP contribution in [0.4, 0.5) is 14.8 Å². The van der Waals surface area contributed by atoms with Gasteiger partial charge < -0.3 is 4.42 Å². The summed E-state index contributed by atoms with van der Waals surface area (Å²) in [4.78, 5) is 12.7. The molecular formula is C20H20F2N4O4S2. The molecule has 1 saturated heterocycles. The Bertz CT molecular complexity index is 1250. The van der Waals surface area contributed by atoms with E-state index in [0.29, 0.717) is 19.2 Å². The predicted molar refractivity (Wildman–Crippen MR) is 114 cm³/mol. The second-order valence-electron chi connectivity index (χ2n) is 7.91. The summed E-state index contributed by atoms with van der Waals surface area (Å²) in [6.07, 6.45) is 0.970. The summed E-state index contributed by atoms with van der Waals surface area (Å²) in [6, 6.07) is 3.86. The number of hydrogen-bond donors (Lipinski definition) is 1. The van der Waals surface area contributed by atoms with Crippen LogP contribution in [-0.4, -0.2) is 41.9 Å². The molecule has 0 saturated carbocycles. The van der Waals surface area contributed by atoms with Crippen LogP contribution >= 0.6 is 11.3 Å². The highest BCUT2D eigenvalue weighted by Crippen LogP contribution is 2.29. The van der Waals surface area contributed by atoms with Gasteiger partial charge >= 0.3 is 6.01 Å². The number of anilines is 1. The largest absolute Gasteiger partial charge is 0.403 e. The molecule has 8 nitrogen and oxygen atoms in total. The number of nitrogens with zero attached hydrogens (tertiary/aromatic N) is 3. The van der Waals surface area contributed by atoms with E-state index in [9.17, 15) is 22.0 Å². The fourth-order valence-electron chi connectivity index (χ4n) is 3.73. The molecule has 0 radical (unpaired) electrons. The maximum Gasteiger partial charge on any atom is 0.322 e. The first kappa shape index (κ1) is 22.5. The Morgan fingerprint density at radius 1 is 1.19 bits per heavy atom. The van der Waals surface area contributed by atoms with E-state index in [1.807, 2.05) is 13.8 Å². The Labute approximate surface area is 187 Å². The van der Waals surface area contributed by atoms with E-state index in [4.69, 9.17) is 4.42 Å². The number of thiophene rings is 1. The van der Waals surface area contributed by atoms with Gasteiger partial charge in [-0.05, 0) is 36.5 Å². The number of rotatable bonds is 5. The zero-order valence-electron chi connectivity index (χ0n) is 17.2. The average Bonchev–Trinajstić information content (AvgIpc) is 3.37. The minimum Gasteiger partial charge on any atom is -0.403 e. The van der Waals surface area contributed by atoms with E-state index in [2.05, 4.69) is 15.5 Å². The van der Waals surface area contributed by atoms with Crippen LogP contribution in [0.3, 0.4) is 0 Å². The number of carbonyl (C=O) groups excluding carboxylic acids is 1. The van der Waals surface area contributed by atoms with E-state index in [-0.39, 0.29) is 39.1 Å². The predicted octanol–water partition coefficient (Wildman–Crippen LogP) is 4.00. The second kappa shape index (κ2) is 8.68. The molecule has 1 aliphatic rings. The van der Waals surface area contributed by atoms with Crippen LogP contribution in [0.5, 0.6) is 0 Å². The lowest BCUT2D eigenvalue weighted by molar-refractivity contribution is 0.102. The lowest BCUT2D eigenvalue weighted by atomic mass is 9.94. The Kier molecular flexibility index (Phi) is 6.10. The summed E-state index contributed by atoms with van der Waals surface area (Å²) >= 11 is 0.967. The fourth-order valence-corrected chi connectivity index (χ4v) is 6.56. The smallest absolute Gasteiger partial charge is 0.322 e. The number of amides is 1. The first-order valence-corrected chi connectivity index (χ1v) is 12.1. The SMILES string of the molecule is C[C@@H]1C[C@H](C)CN(S(=O)(=O)c2csc(C(=O)Nc3nnc(-c4ccc(F)cc4F)o3)c2)C1. The van der Waals surface area contributed by atoms with E-state index in [1.54, 1.807) is 0 Å². The lowest BCUT2D eigenvalue weighted by Gasteiger charge is -2.33. The Morgan fingerprint density at radius 3 is 2.59 bits per heavy atom. The molecule has 2 atom stereocenters. The first-order chi connectivity index (χ1) is 15.1. The number of benzene rings is 1. The van der Waals surface area contributed by atoms with Gasteiger partial charge in [-0.1, -0.05) is 18.9 Å². The fraction of sp³-hybridized carbons (Fsp3) is 0.350. The summed E-state index contributed by atoms with van der Waals surface area (Å²) in [6.45, 7) is 4.91. The van der Waals surface area contributed by atoms with Gasteiger partial charge in [0.2, 0.25) is 10.0 Å². The van der Waals surface area contributed by atoms with Gasteiger partial charge in [-0.25, -0.2) is 17.2 Å². The quantitative estimate of drug-likeness (QED) is 0.589. The molecule has 12 heteroatoms. The van der Waals surface area contributed by atoms with Gasteiger partial charge in [0.1, 0.15) is 11.6 Å². The maximum absolute atomic E-state index is 13.9. The Balaban J connectivity index is 1.48. The zero-order chi connectivity index (χ0) is 23.0. The monoisotopic (exact) mass is 482 g/mol. The number of aromatic nitrogens is 2. The lowest BCUT2D eigenvalue weighted by Crippen LogP contribution is -2.42. The van der Waals surface area contributed by atoms with Crippen molar-refractivity contribution in [1.29, 1.82) is 0 Å². The van der Waals surface area contributed by atoms with Crippen LogP contribution in [0.1, 0.15) is 29.9 Å². The molecular weight excluding hydrogens is 462 g/mol. The molecule has 0 unspecified atom stereocenters. The minimum atomic E-state index is -3.71. The number of hydrogen-bond acceptors (Lipinski definition) is 7. The van der Waals surface area contributed by atoms with Crippen LogP contribution in [-0.2, 0) is 10.0 Å². The van der Waals surface area contributed by atoms with Crippen molar-refractivity contribution in [3.8, 4) is 11.5 Å². The van der Waals surface area contributed by atoms with Gasteiger partial charge in [-0.15, -0.1) is 16.4 Å². The third-order valence-corrected chi connectivity index (χ3v) is 7.97. The van der Waals surface area contributed by atoms with Crippen LogP contribution in [0.25, 0.3) is 11.5 Å². The Morgan fingerprint density at radius 2 is 1.91 bits per heavy atom. The third kappa shape index (κ3) is 4.57. The topological polar surface area (TPSA) is 105 Å². The van der Waals surface area contributed by atoms with Crippen LogP contribution in [0.15, 0.2) is 39.0 Å². The summed E-state index contributed by atoms with van der Waals surface area (Å²) < 4.78 is 59.6. The first-order valence-electron chi connectivity index (χ1n) is 9.82. The molecule has 1 aromatic carbocycles. The molecule has 1 aliphatic heterocycles. The van der Waals surface area contributed by atoms with Crippen molar-refractivity contribution in [3.63, 3.8) is 0 Å². The van der Waals surface area contributed by atoms with Gasteiger partial charge in [0.05, 0.1) is 15.3 Å². The maximum atomic E-state index is 13.9. The summed E-state index contributed by atoms with van der Waals surface area (Å²) in [5, 5.41) is 11.1. The Hall–Kier alpha value is -2.70. The molecule has 1 N–H and O–H groups in total. The van der Waals surface area contributed by atoms with E-state index < -0.39 is 27.6 Å². The molecule has 32 heavy (non-hydrogen) atoms. The van der Waals surface area contributed by atoms with Crippen LogP contribution in [0.2, 0.25) is 0 Å². The van der Waals surface area contributed by atoms with E-state index in [1.165, 1.54) is 15.8 Å². The molecule has 0 aliphatic carbocycles. The van der Waals surface area contributed by atoms with Crippen LogP contribution < -0.4 is 5.32 Å². The number of piperidine rings is 1. The van der Waals surface area contributed by atoms with Gasteiger partial charge in [0.15, 0.2) is 0 Å². The van der Waals surface area contributed by atoms with E-state index in [0.717, 1.165) is 29.9 Å². The van der Waals surface area contributed by atoms with E-state index >= 15 is 0 Å². The second-order valence-corrected chi connectivity index (χ2v) is 10.8. The normalized spacial score (nSPS) is 19.8. The van der Waals surface area contributed by atoms with Gasteiger partial charge in [-0.2, -0.15) is 4.31 Å². The zero-order valence-corrected chi connectivity index (χ0v) is 18.8. The highest BCUT2D eigenvalue weighted by Gasteiger charge is 2.32. The average molecular weight is 483 g/mol.